The maximum Gasteiger partial charge on any atom is 0.106 e. The van der Waals surface area contributed by atoms with Crippen LogP contribution < -0.4 is 0 Å². The molecule has 4 heteroatoms. The Morgan fingerprint density at radius 1 is 1.53 bits per heavy atom. The van der Waals surface area contributed by atoms with Gasteiger partial charge >= 0.3 is 0 Å². The molecular formula is C11H15BrN2O. The molecule has 0 bridgehead atoms. The number of nitrogens with zero attached hydrogens (tertiary/aromatic N) is 2. The number of aliphatic hydroxyl groups is 1. The Kier molecular flexibility index (Phi) is 3.72. The van der Waals surface area contributed by atoms with Crippen LogP contribution in [0.3, 0.4) is 0 Å². The maximum atomic E-state index is 9.04. The van der Waals surface area contributed by atoms with Crippen molar-refractivity contribution in [3.63, 3.8) is 0 Å². The first-order valence-corrected chi connectivity index (χ1v) is 6.01. The van der Waals surface area contributed by atoms with Crippen molar-refractivity contribution in [3.05, 3.63) is 28.5 Å². The van der Waals surface area contributed by atoms with Crippen LogP contribution >= 0.6 is 15.9 Å². The van der Waals surface area contributed by atoms with Crippen LogP contribution in [-0.2, 0) is 6.54 Å². The third kappa shape index (κ3) is 3.00. The van der Waals surface area contributed by atoms with Crippen molar-refractivity contribution in [2.45, 2.75) is 13.0 Å². The van der Waals surface area contributed by atoms with E-state index in [1.807, 2.05) is 12.3 Å². The van der Waals surface area contributed by atoms with Gasteiger partial charge in [-0.05, 0) is 46.4 Å². The third-order valence-corrected chi connectivity index (χ3v) is 3.29. The first kappa shape index (κ1) is 11.0. The summed E-state index contributed by atoms with van der Waals surface area (Å²) in [5, 5.41) is 9.04. The highest BCUT2D eigenvalue weighted by molar-refractivity contribution is 9.10. The van der Waals surface area contributed by atoms with Crippen LogP contribution in [0, 0.1) is 5.92 Å². The Balaban J connectivity index is 1.90. The van der Waals surface area contributed by atoms with E-state index in [1.54, 1.807) is 0 Å². The van der Waals surface area contributed by atoms with E-state index in [-0.39, 0.29) is 0 Å². The summed E-state index contributed by atoms with van der Waals surface area (Å²) in [6, 6.07) is 4.05. The Morgan fingerprint density at radius 2 is 2.40 bits per heavy atom. The number of aliphatic hydroxyl groups excluding tert-OH is 1. The first-order valence-electron chi connectivity index (χ1n) is 5.21. The van der Waals surface area contributed by atoms with Gasteiger partial charge in [0.25, 0.3) is 0 Å². The van der Waals surface area contributed by atoms with Gasteiger partial charge in [0, 0.05) is 25.9 Å². The number of rotatable bonds is 3. The molecule has 1 aliphatic heterocycles. The number of pyridine rings is 1. The van der Waals surface area contributed by atoms with E-state index in [4.69, 9.17) is 5.11 Å². The second kappa shape index (κ2) is 5.05. The maximum absolute atomic E-state index is 9.04. The monoisotopic (exact) mass is 270 g/mol. The van der Waals surface area contributed by atoms with E-state index >= 15 is 0 Å². The van der Waals surface area contributed by atoms with E-state index in [0.717, 1.165) is 30.7 Å². The molecule has 0 radical (unpaired) electrons. The fourth-order valence-electron chi connectivity index (χ4n) is 1.96. The summed E-state index contributed by atoms with van der Waals surface area (Å²) in [5.74, 6) is 0.466. The molecule has 82 valence electrons. The number of aromatic nitrogens is 1. The minimum absolute atomic E-state index is 0.315. The van der Waals surface area contributed by atoms with Crippen LogP contribution in [-0.4, -0.2) is 34.7 Å². The average molecular weight is 271 g/mol. The van der Waals surface area contributed by atoms with Crippen LogP contribution in [0.25, 0.3) is 0 Å². The minimum atomic E-state index is 0.315. The van der Waals surface area contributed by atoms with Crippen LogP contribution in [0.1, 0.15) is 12.0 Å². The van der Waals surface area contributed by atoms with Crippen molar-refractivity contribution in [3.8, 4) is 0 Å². The van der Waals surface area contributed by atoms with Gasteiger partial charge in [-0.1, -0.05) is 6.07 Å². The lowest BCUT2D eigenvalue weighted by molar-refractivity contribution is 0.220. The van der Waals surface area contributed by atoms with Gasteiger partial charge in [0.05, 0.1) is 0 Å². The molecule has 15 heavy (non-hydrogen) atoms. The number of likely N-dealkylation sites (tertiary alicyclic amines) is 1. The van der Waals surface area contributed by atoms with Crippen molar-refractivity contribution < 1.29 is 5.11 Å². The number of hydrogen-bond donors (Lipinski definition) is 1. The van der Waals surface area contributed by atoms with Gasteiger partial charge in [0.2, 0.25) is 0 Å². The van der Waals surface area contributed by atoms with Gasteiger partial charge in [-0.25, -0.2) is 4.98 Å². The first-order chi connectivity index (χ1) is 7.28. The molecule has 0 saturated carbocycles. The summed E-state index contributed by atoms with van der Waals surface area (Å²) in [4.78, 5) is 6.57. The fourth-order valence-corrected chi connectivity index (χ4v) is 2.20. The summed E-state index contributed by atoms with van der Waals surface area (Å²) < 4.78 is 0.876. The van der Waals surface area contributed by atoms with Gasteiger partial charge in [-0.15, -0.1) is 0 Å². The molecule has 1 unspecified atom stereocenters. The molecule has 1 saturated heterocycles. The molecule has 1 aliphatic rings. The van der Waals surface area contributed by atoms with Crippen LogP contribution in [0.5, 0.6) is 0 Å². The van der Waals surface area contributed by atoms with Crippen molar-refractivity contribution in [1.29, 1.82) is 0 Å². The van der Waals surface area contributed by atoms with E-state index in [9.17, 15) is 0 Å². The standard InChI is InChI=1S/C11H15BrN2O/c12-11-2-1-9(5-13-11)6-14-4-3-10(7-14)8-15/h1-2,5,10,15H,3-4,6-8H2. The molecule has 0 aliphatic carbocycles. The zero-order valence-corrected chi connectivity index (χ0v) is 10.2. The molecule has 3 nitrogen and oxygen atoms in total. The van der Waals surface area contributed by atoms with Crippen molar-refractivity contribution in [2.24, 2.45) is 5.92 Å². The fraction of sp³-hybridized carbons (Fsp3) is 0.545. The third-order valence-electron chi connectivity index (χ3n) is 2.82. The average Bonchev–Trinajstić information content (AvgIpc) is 2.69. The number of hydrogen-bond acceptors (Lipinski definition) is 3. The molecule has 1 N–H and O–H groups in total. The van der Waals surface area contributed by atoms with Gasteiger partial charge < -0.3 is 5.11 Å². The SMILES string of the molecule is OCC1CCN(Cc2ccc(Br)nc2)C1. The molecule has 0 spiro atoms. The summed E-state index contributed by atoms with van der Waals surface area (Å²) in [6.45, 7) is 3.35. The van der Waals surface area contributed by atoms with E-state index in [2.05, 4.69) is 31.9 Å². The quantitative estimate of drug-likeness (QED) is 0.849. The van der Waals surface area contributed by atoms with Gasteiger partial charge in [-0.2, -0.15) is 0 Å². The summed E-state index contributed by atoms with van der Waals surface area (Å²) in [7, 11) is 0. The van der Waals surface area contributed by atoms with Crippen LogP contribution in [0.2, 0.25) is 0 Å². The normalized spacial score (nSPS) is 22.1. The summed E-state index contributed by atoms with van der Waals surface area (Å²) in [5.41, 5.74) is 1.23. The van der Waals surface area contributed by atoms with Crippen LogP contribution in [0.15, 0.2) is 22.9 Å². The van der Waals surface area contributed by atoms with Gasteiger partial charge in [0.1, 0.15) is 4.60 Å². The second-order valence-corrected chi connectivity index (χ2v) is 4.87. The Hall–Kier alpha value is -0.450. The lowest BCUT2D eigenvalue weighted by Crippen LogP contribution is -2.21. The summed E-state index contributed by atoms with van der Waals surface area (Å²) in [6.07, 6.45) is 3.01. The number of halogens is 1. The molecule has 1 aromatic heterocycles. The highest BCUT2D eigenvalue weighted by Crippen LogP contribution is 2.18. The van der Waals surface area contributed by atoms with E-state index in [1.165, 1.54) is 5.56 Å². The molecule has 2 heterocycles. The second-order valence-electron chi connectivity index (χ2n) is 4.06. The van der Waals surface area contributed by atoms with Gasteiger partial charge in [0.15, 0.2) is 0 Å². The van der Waals surface area contributed by atoms with Crippen molar-refractivity contribution in [1.82, 2.24) is 9.88 Å². The zero-order chi connectivity index (χ0) is 10.7. The lowest BCUT2D eigenvalue weighted by Gasteiger charge is -2.15. The Labute approximate surface area is 98.3 Å². The van der Waals surface area contributed by atoms with Crippen molar-refractivity contribution in [2.75, 3.05) is 19.7 Å². The van der Waals surface area contributed by atoms with E-state index < -0.39 is 0 Å². The summed E-state index contributed by atoms with van der Waals surface area (Å²) >= 11 is 3.32. The Bertz CT molecular complexity index is 315. The zero-order valence-electron chi connectivity index (χ0n) is 8.56. The minimum Gasteiger partial charge on any atom is -0.396 e. The van der Waals surface area contributed by atoms with Crippen molar-refractivity contribution >= 4 is 15.9 Å². The Morgan fingerprint density at radius 3 is 3.00 bits per heavy atom. The topological polar surface area (TPSA) is 36.4 Å². The lowest BCUT2D eigenvalue weighted by atomic mass is 10.1. The highest BCUT2D eigenvalue weighted by Gasteiger charge is 2.21. The highest BCUT2D eigenvalue weighted by atomic mass is 79.9. The molecule has 2 rings (SSSR count). The molecule has 1 fully saturated rings. The molecule has 0 amide bonds. The predicted octanol–water partition coefficient (Wildman–Crippen LogP) is 1.66. The largest absolute Gasteiger partial charge is 0.396 e. The van der Waals surface area contributed by atoms with Gasteiger partial charge in [-0.3, -0.25) is 4.90 Å². The molecule has 0 aromatic carbocycles. The van der Waals surface area contributed by atoms with Crippen LogP contribution in [0.4, 0.5) is 0 Å². The molecule has 1 aromatic rings. The smallest absolute Gasteiger partial charge is 0.106 e. The molecule has 1 atom stereocenters. The predicted molar refractivity (Wildman–Crippen MR) is 62.4 cm³/mol. The molecular weight excluding hydrogens is 256 g/mol. The van der Waals surface area contributed by atoms with E-state index in [0.29, 0.717) is 12.5 Å².